The Kier molecular flexibility index (Phi) is 14.6. The highest BCUT2D eigenvalue weighted by molar-refractivity contribution is 5.90. The summed E-state index contributed by atoms with van der Waals surface area (Å²) in [6, 6.07) is 3.33. The molecule has 2 atom stereocenters. The van der Waals surface area contributed by atoms with E-state index < -0.39 is 11.5 Å². The van der Waals surface area contributed by atoms with Gasteiger partial charge in [0, 0.05) is 70.8 Å². The summed E-state index contributed by atoms with van der Waals surface area (Å²) in [6.07, 6.45) is 8.51. The maximum Gasteiger partial charge on any atom is 0.309 e. The summed E-state index contributed by atoms with van der Waals surface area (Å²) in [5, 5.41) is 11.5. The van der Waals surface area contributed by atoms with Crippen LogP contribution in [0.25, 0.3) is 0 Å². The predicted molar refractivity (Wildman–Crippen MR) is 174 cm³/mol. The van der Waals surface area contributed by atoms with Crippen molar-refractivity contribution < 1.29 is 33.5 Å². The highest BCUT2D eigenvalue weighted by Gasteiger charge is 2.42. The van der Waals surface area contributed by atoms with Crippen LogP contribution in [0.4, 0.5) is 0 Å². The van der Waals surface area contributed by atoms with Crippen molar-refractivity contribution in [3.8, 4) is 0 Å². The van der Waals surface area contributed by atoms with Crippen molar-refractivity contribution in [2.45, 2.75) is 109 Å². The molecule has 13 nitrogen and oxygen atoms in total. The molecule has 1 aromatic rings. The third kappa shape index (κ3) is 12.9. The van der Waals surface area contributed by atoms with E-state index in [1.807, 2.05) is 26.8 Å². The van der Waals surface area contributed by atoms with Gasteiger partial charge in [-0.05, 0) is 77.3 Å². The molecule has 1 aliphatic heterocycles. The Morgan fingerprint density at radius 2 is 1.49 bits per heavy atom. The second kappa shape index (κ2) is 18.3. The van der Waals surface area contributed by atoms with Gasteiger partial charge in [-0.1, -0.05) is 6.07 Å². The summed E-state index contributed by atoms with van der Waals surface area (Å²) < 4.78 is 5.47. The summed E-state index contributed by atoms with van der Waals surface area (Å²) in [5.74, 6) is -1.46. The molecule has 0 aromatic carbocycles. The van der Waals surface area contributed by atoms with Gasteiger partial charge < -0.3 is 30.9 Å². The maximum atomic E-state index is 12.8. The lowest BCUT2D eigenvalue weighted by molar-refractivity contribution is -0.161. The number of rotatable bonds is 16. The van der Waals surface area contributed by atoms with Gasteiger partial charge in [0.1, 0.15) is 5.60 Å². The number of hydrogen-bond donors (Lipinski definition) is 4. The molecule has 2 fully saturated rings. The second-order valence-corrected chi connectivity index (χ2v) is 13.5. The number of pyridine rings is 1. The molecule has 47 heavy (non-hydrogen) atoms. The minimum absolute atomic E-state index is 0.0386. The van der Waals surface area contributed by atoms with Crippen molar-refractivity contribution in [1.82, 2.24) is 31.2 Å². The van der Waals surface area contributed by atoms with Crippen LogP contribution in [0.5, 0.6) is 0 Å². The van der Waals surface area contributed by atoms with Gasteiger partial charge in [-0.2, -0.15) is 0 Å². The first-order chi connectivity index (χ1) is 22.3. The number of ether oxygens (including phenoxy) is 1. The van der Waals surface area contributed by atoms with Gasteiger partial charge in [-0.15, -0.1) is 0 Å². The highest BCUT2D eigenvalue weighted by Crippen LogP contribution is 2.36. The first-order valence-corrected chi connectivity index (χ1v) is 16.8. The molecule has 1 saturated carbocycles. The molecule has 260 valence electrons. The SMILES string of the molecule is CN1C(=O)C[C@H](C(=O)NCCCNC(=O)CCCNC(=O)CCCC(=O)NC2CCC(C(=O)OC(C)(C)C)CC2)[C@H]1c1cccnc1. The normalized spacial score (nSPS) is 21.1. The van der Waals surface area contributed by atoms with E-state index in [4.69, 9.17) is 4.74 Å². The van der Waals surface area contributed by atoms with Gasteiger partial charge in [-0.3, -0.25) is 33.8 Å². The smallest absolute Gasteiger partial charge is 0.309 e. The predicted octanol–water partition coefficient (Wildman–Crippen LogP) is 2.31. The van der Waals surface area contributed by atoms with Crippen LogP contribution in [-0.2, 0) is 33.5 Å². The minimum Gasteiger partial charge on any atom is -0.460 e. The van der Waals surface area contributed by atoms with Crippen LogP contribution < -0.4 is 21.3 Å². The van der Waals surface area contributed by atoms with Crippen LogP contribution in [0.1, 0.15) is 103 Å². The van der Waals surface area contributed by atoms with Gasteiger partial charge >= 0.3 is 5.97 Å². The topological polar surface area (TPSA) is 176 Å². The zero-order valence-electron chi connectivity index (χ0n) is 28.3. The van der Waals surface area contributed by atoms with Crippen molar-refractivity contribution in [2.24, 2.45) is 11.8 Å². The number of nitrogens with one attached hydrogen (secondary N) is 4. The Morgan fingerprint density at radius 3 is 2.13 bits per heavy atom. The van der Waals surface area contributed by atoms with Crippen molar-refractivity contribution >= 4 is 35.5 Å². The van der Waals surface area contributed by atoms with E-state index in [9.17, 15) is 28.8 Å². The largest absolute Gasteiger partial charge is 0.460 e. The van der Waals surface area contributed by atoms with Gasteiger partial charge in [-0.25, -0.2) is 0 Å². The summed E-state index contributed by atoms with van der Waals surface area (Å²) >= 11 is 0. The number of nitrogens with zero attached hydrogens (tertiary/aromatic N) is 2. The molecule has 1 saturated heterocycles. The highest BCUT2D eigenvalue weighted by atomic mass is 16.6. The van der Waals surface area contributed by atoms with E-state index in [1.165, 1.54) is 0 Å². The number of carbonyl (C=O) groups excluding carboxylic acids is 6. The number of aromatic nitrogens is 1. The van der Waals surface area contributed by atoms with Crippen LogP contribution in [0.2, 0.25) is 0 Å². The zero-order chi connectivity index (χ0) is 34.4. The lowest BCUT2D eigenvalue weighted by Gasteiger charge is -2.30. The summed E-state index contributed by atoms with van der Waals surface area (Å²) in [4.78, 5) is 79.7. The van der Waals surface area contributed by atoms with Gasteiger partial charge in [0.05, 0.1) is 17.9 Å². The minimum atomic E-state index is -0.503. The molecule has 1 aromatic heterocycles. The number of hydrogen-bond acceptors (Lipinski definition) is 8. The van der Waals surface area contributed by atoms with Crippen molar-refractivity contribution in [3.63, 3.8) is 0 Å². The van der Waals surface area contributed by atoms with Gasteiger partial charge in [0.15, 0.2) is 0 Å². The third-order valence-electron chi connectivity index (χ3n) is 8.47. The molecular formula is C34H52N6O7. The monoisotopic (exact) mass is 656 g/mol. The Balaban J connectivity index is 1.17. The van der Waals surface area contributed by atoms with Crippen LogP contribution >= 0.6 is 0 Å². The number of amides is 5. The molecular weight excluding hydrogens is 604 g/mol. The molecule has 0 bridgehead atoms. The standard InChI is InChI=1S/C34H52N6O7/c1-34(2,3)47-33(46)23-13-15-25(16-14-23)39-29(43)11-5-10-27(41)36-18-7-12-28(42)37-19-8-20-38-32(45)26-21-30(44)40(4)31(26)24-9-6-17-35-22-24/h6,9,17,22-23,25-26,31H,5,7-8,10-16,18-21H2,1-4H3,(H,36,41)(H,37,42)(H,38,45)(H,39,43)/t23?,25?,26-,31+/m0/s1. The van der Waals surface area contributed by atoms with Crippen molar-refractivity contribution in [3.05, 3.63) is 30.1 Å². The fourth-order valence-corrected chi connectivity index (χ4v) is 5.99. The first-order valence-electron chi connectivity index (χ1n) is 16.8. The molecule has 2 aliphatic rings. The lowest BCUT2D eigenvalue weighted by Crippen LogP contribution is -2.39. The molecule has 0 radical (unpaired) electrons. The fraction of sp³-hybridized carbons (Fsp3) is 0.676. The molecule has 4 N–H and O–H groups in total. The summed E-state index contributed by atoms with van der Waals surface area (Å²) in [6.45, 7) is 6.70. The first kappa shape index (κ1) is 37.4. The fourth-order valence-electron chi connectivity index (χ4n) is 5.99. The van der Waals surface area contributed by atoms with Crippen LogP contribution in [0.3, 0.4) is 0 Å². The van der Waals surface area contributed by atoms with E-state index in [0.717, 1.165) is 18.4 Å². The van der Waals surface area contributed by atoms with Crippen LogP contribution in [-0.4, -0.2) is 83.7 Å². The zero-order valence-corrected chi connectivity index (χ0v) is 28.3. The number of carbonyl (C=O) groups is 6. The average Bonchev–Trinajstić information content (AvgIpc) is 3.32. The number of esters is 1. The molecule has 0 spiro atoms. The van der Waals surface area contributed by atoms with Gasteiger partial charge in [0.25, 0.3) is 0 Å². The lowest BCUT2D eigenvalue weighted by atomic mass is 9.86. The Morgan fingerprint density at radius 1 is 0.872 bits per heavy atom. The molecule has 0 unspecified atom stereocenters. The van der Waals surface area contributed by atoms with E-state index >= 15 is 0 Å². The van der Waals surface area contributed by atoms with Crippen LogP contribution in [0.15, 0.2) is 24.5 Å². The molecule has 3 rings (SSSR count). The Bertz CT molecular complexity index is 1230. The van der Waals surface area contributed by atoms with Crippen molar-refractivity contribution in [2.75, 3.05) is 26.7 Å². The summed E-state index contributed by atoms with van der Waals surface area (Å²) in [5.41, 5.74) is 0.317. The molecule has 1 aliphatic carbocycles. The summed E-state index contributed by atoms with van der Waals surface area (Å²) in [7, 11) is 1.69. The molecule has 2 heterocycles. The Hall–Kier alpha value is -4.03. The number of likely N-dealkylation sites (tertiary alicyclic amines) is 1. The second-order valence-electron chi connectivity index (χ2n) is 13.5. The van der Waals surface area contributed by atoms with E-state index in [1.54, 1.807) is 30.4 Å². The van der Waals surface area contributed by atoms with E-state index in [0.29, 0.717) is 51.7 Å². The van der Waals surface area contributed by atoms with Crippen LogP contribution in [0, 0.1) is 11.8 Å². The van der Waals surface area contributed by atoms with E-state index in [2.05, 4.69) is 26.3 Å². The maximum absolute atomic E-state index is 12.8. The van der Waals surface area contributed by atoms with Crippen molar-refractivity contribution in [1.29, 1.82) is 0 Å². The quantitative estimate of drug-likeness (QED) is 0.155. The van der Waals surface area contributed by atoms with Gasteiger partial charge in [0.2, 0.25) is 29.5 Å². The molecule has 13 heteroatoms. The third-order valence-corrected chi connectivity index (χ3v) is 8.47. The molecule has 5 amide bonds. The van der Waals surface area contributed by atoms with E-state index in [-0.39, 0.29) is 79.2 Å². The Labute approximate surface area is 277 Å². The average molecular weight is 657 g/mol.